The highest BCUT2D eigenvalue weighted by molar-refractivity contribution is 6.30. The van der Waals surface area contributed by atoms with Gasteiger partial charge in [-0.2, -0.15) is 0 Å². The molecule has 0 atom stereocenters. The standard InChI is InChI=1S/C58H35N3O2/c1-58(2)45-22-12-11-21-41(45)42-26-23-36(31-46(42)58)55-59-56(43-29-34-15-5-9-19-39(34)51-49-37-17-7-3-13-32(37)24-27-47(49)62-53(43)51)61-57(60-55)44-30-35-16-6-10-20-40(35)52-50-38-18-8-4-14-33(38)25-28-48(50)63-54(44)52/h3-31H,1-2H3. The van der Waals surface area contributed by atoms with Crippen LogP contribution in [0.15, 0.2) is 185 Å². The van der Waals surface area contributed by atoms with Gasteiger partial charge in [-0.25, -0.2) is 15.0 Å². The number of rotatable bonds is 3. The number of benzene rings is 10. The predicted molar refractivity (Wildman–Crippen MR) is 258 cm³/mol. The fraction of sp³-hybridized carbons (Fsp3) is 0.0517. The van der Waals surface area contributed by atoms with Crippen LogP contribution in [0.5, 0.6) is 0 Å². The predicted octanol–water partition coefficient (Wildman–Crippen LogP) is 15.6. The minimum Gasteiger partial charge on any atom is -0.455 e. The van der Waals surface area contributed by atoms with Crippen LogP contribution in [0, 0.1) is 0 Å². The normalized spacial score (nSPS) is 13.4. The Labute approximate surface area is 360 Å². The molecular formula is C58H35N3O2. The second-order valence-corrected chi connectivity index (χ2v) is 17.5. The summed E-state index contributed by atoms with van der Waals surface area (Å²) < 4.78 is 13.9. The molecule has 0 radical (unpaired) electrons. The molecule has 14 rings (SSSR count). The van der Waals surface area contributed by atoms with Crippen LogP contribution in [-0.4, -0.2) is 15.0 Å². The SMILES string of the molecule is CC1(C)c2ccccc2-c2ccc(-c3nc(-c4cc5ccccc5c5c4oc4ccc6ccccc6c45)nc(-c4cc5ccccc5c5c4oc4ccc6ccccc6c45)n3)cc21. The van der Waals surface area contributed by atoms with Crippen LogP contribution < -0.4 is 0 Å². The van der Waals surface area contributed by atoms with Gasteiger partial charge >= 0.3 is 0 Å². The van der Waals surface area contributed by atoms with E-state index in [0.29, 0.717) is 17.5 Å². The molecule has 1 aliphatic rings. The number of hydrogen-bond acceptors (Lipinski definition) is 5. The monoisotopic (exact) mass is 805 g/mol. The summed E-state index contributed by atoms with van der Waals surface area (Å²) in [6.45, 7) is 4.61. The summed E-state index contributed by atoms with van der Waals surface area (Å²) in [5, 5.41) is 13.3. The van der Waals surface area contributed by atoms with Crippen molar-refractivity contribution in [2.24, 2.45) is 0 Å². The Bertz CT molecular complexity index is 3920. The molecule has 3 aromatic heterocycles. The van der Waals surface area contributed by atoms with Gasteiger partial charge < -0.3 is 8.83 Å². The second kappa shape index (κ2) is 12.5. The van der Waals surface area contributed by atoms with E-state index in [1.807, 2.05) is 0 Å². The van der Waals surface area contributed by atoms with E-state index in [1.165, 1.54) is 22.3 Å². The van der Waals surface area contributed by atoms with Crippen LogP contribution >= 0.6 is 0 Å². The lowest BCUT2D eigenvalue weighted by Gasteiger charge is -2.21. The van der Waals surface area contributed by atoms with Crippen molar-refractivity contribution in [1.29, 1.82) is 0 Å². The van der Waals surface area contributed by atoms with E-state index in [2.05, 4.69) is 190 Å². The zero-order valence-corrected chi connectivity index (χ0v) is 34.4. The van der Waals surface area contributed by atoms with Gasteiger partial charge in [-0.15, -0.1) is 0 Å². The van der Waals surface area contributed by atoms with Gasteiger partial charge in [0.25, 0.3) is 0 Å². The highest BCUT2D eigenvalue weighted by atomic mass is 16.3. The quantitative estimate of drug-likeness (QED) is 0.178. The Morgan fingerprint density at radius 1 is 0.349 bits per heavy atom. The first kappa shape index (κ1) is 34.6. The van der Waals surface area contributed by atoms with Crippen LogP contribution in [0.3, 0.4) is 0 Å². The maximum atomic E-state index is 6.96. The topological polar surface area (TPSA) is 65.0 Å². The van der Waals surface area contributed by atoms with Crippen molar-refractivity contribution in [2.75, 3.05) is 0 Å². The Hall–Kier alpha value is -8.15. The van der Waals surface area contributed by atoms with Crippen molar-refractivity contribution in [3.63, 3.8) is 0 Å². The first-order valence-corrected chi connectivity index (χ1v) is 21.5. The molecule has 10 aromatic carbocycles. The van der Waals surface area contributed by atoms with Gasteiger partial charge in [0.05, 0.1) is 11.1 Å². The Kier molecular flexibility index (Phi) is 6.84. The third-order valence-corrected chi connectivity index (χ3v) is 13.7. The third kappa shape index (κ3) is 4.79. The second-order valence-electron chi connectivity index (χ2n) is 17.5. The molecule has 0 N–H and O–H groups in total. The first-order chi connectivity index (χ1) is 31.0. The molecular weight excluding hydrogens is 771 g/mol. The molecule has 0 bridgehead atoms. The van der Waals surface area contributed by atoms with Gasteiger partial charge in [0.1, 0.15) is 22.3 Å². The highest BCUT2D eigenvalue weighted by Gasteiger charge is 2.35. The Morgan fingerprint density at radius 3 is 1.35 bits per heavy atom. The lowest BCUT2D eigenvalue weighted by molar-refractivity contribution is 0.660. The van der Waals surface area contributed by atoms with Crippen LogP contribution in [-0.2, 0) is 5.41 Å². The van der Waals surface area contributed by atoms with Gasteiger partial charge in [-0.3, -0.25) is 0 Å². The maximum absolute atomic E-state index is 6.96. The van der Waals surface area contributed by atoms with Crippen molar-refractivity contribution in [1.82, 2.24) is 15.0 Å². The summed E-state index contributed by atoms with van der Waals surface area (Å²) in [6, 6.07) is 62.3. The molecule has 0 spiro atoms. The number of aromatic nitrogens is 3. The molecule has 0 saturated heterocycles. The fourth-order valence-corrected chi connectivity index (χ4v) is 10.7. The van der Waals surface area contributed by atoms with E-state index in [4.69, 9.17) is 23.8 Å². The van der Waals surface area contributed by atoms with Crippen molar-refractivity contribution in [2.45, 2.75) is 19.3 Å². The molecule has 5 nitrogen and oxygen atoms in total. The van der Waals surface area contributed by atoms with Gasteiger partial charge in [-0.1, -0.05) is 159 Å². The van der Waals surface area contributed by atoms with Gasteiger partial charge in [0, 0.05) is 32.5 Å². The van der Waals surface area contributed by atoms with Crippen LogP contribution in [0.4, 0.5) is 0 Å². The molecule has 0 aliphatic heterocycles. The van der Waals surface area contributed by atoms with Crippen molar-refractivity contribution >= 4 is 87.0 Å². The van der Waals surface area contributed by atoms with Crippen LogP contribution in [0.1, 0.15) is 25.0 Å². The van der Waals surface area contributed by atoms with Crippen LogP contribution in [0.2, 0.25) is 0 Å². The molecule has 0 fully saturated rings. The number of fused-ring (bicyclic) bond motifs is 17. The number of nitrogens with zero attached hydrogens (tertiary/aromatic N) is 3. The van der Waals surface area contributed by atoms with E-state index in [1.54, 1.807) is 0 Å². The molecule has 0 amide bonds. The van der Waals surface area contributed by atoms with Gasteiger partial charge in [-0.05, 0) is 95.7 Å². The zero-order valence-electron chi connectivity index (χ0n) is 34.4. The molecule has 0 unspecified atom stereocenters. The Balaban J connectivity index is 1.10. The van der Waals surface area contributed by atoms with E-state index < -0.39 is 0 Å². The number of hydrogen-bond donors (Lipinski definition) is 0. The summed E-state index contributed by atoms with van der Waals surface area (Å²) in [5.74, 6) is 1.63. The maximum Gasteiger partial charge on any atom is 0.167 e. The largest absolute Gasteiger partial charge is 0.455 e. The summed E-state index contributed by atoms with van der Waals surface area (Å²) in [4.78, 5) is 16.3. The minimum absolute atomic E-state index is 0.205. The molecule has 13 aromatic rings. The lowest BCUT2D eigenvalue weighted by Crippen LogP contribution is -2.15. The number of furan rings is 2. The molecule has 3 heterocycles. The lowest BCUT2D eigenvalue weighted by atomic mass is 9.82. The van der Waals surface area contributed by atoms with Gasteiger partial charge in [0.2, 0.25) is 0 Å². The highest BCUT2D eigenvalue weighted by Crippen LogP contribution is 2.50. The summed E-state index contributed by atoms with van der Waals surface area (Å²) >= 11 is 0. The van der Waals surface area contributed by atoms with E-state index in [-0.39, 0.29) is 5.41 Å². The molecule has 63 heavy (non-hydrogen) atoms. The molecule has 0 saturated carbocycles. The minimum atomic E-state index is -0.205. The van der Waals surface area contributed by atoms with E-state index in [0.717, 1.165) is 104 Å². The van der Waals surface area contributed by atoms with Gasteiger partial charge in [0.15, 0.2) is 17.5 Å². The van der Waals surface area contributed by atoms with E-state index >= 15 is 0 Å². The summed E-state index contributed by atoms with van der Waals surface area (Å²) in [5.41, 5.74) is 10.5. The Morgan fingerprint density at radius 2 is 0.794 bits per heavy atom. The average Bonchev–Trinajstić information content (AvgIpc) is 4.00. The smallest absolute Gasteiger partial charge is 0.167 e. The average molecular weight is 806 g/mol. The zero-order chi connectivity index (χ0) is 41.6. The van der Waals surface area contributed by atoms with Crippen molar-refractivity contribution < 1.29 is 8.83 Å². The van der Waals surface area contributed by atoms with Crippen molar-refractivity contribution in [3.8, 4) is 45.3 Å². The molecule has 5 heteroatoms. The fourth-order valence-electron chi connectivity index (χ4n) is 10.7. The summed E-state index contributed by atoms with van der Waals surface area (Å²) in [7, 11) is 0. The third-order valence-electron chi connectivity index (χ3n) is 13.7. The van der Waals surface area contributed by atoms with E-state index in [9.17, 15) is 0 Å². The summed E-state index contributed by atoms with van der Waals surface area (Å²) in [6.07, 6.45) is 0. The first-order valence-electron chi connectivity index (χ1n) is 21.5. The molecule has 294 valence electrons. The molecule has 1 aliphatic carbocycles. The van der Waals surface area contributed by atoms with Crippen molar-refractivity contribution in [3.05, 3.63) is 187 Å². The van der Waals surface area contributed by atoms with Crippen LogP contribution in [0.25, 0.3) is 132 Å².